The van der Waals surface area contributed by atoms with Crippen LogP contribution in [0.25, 0.3) is 0 Å². The second-order valence-corrected chi connectivity index (χ2v) is 6.55. The molecule has 1 heterocycles. The Hall–Kier alpha value is -0.760. The van der Waals surface area contributed by atoms with E-state index in [0.717, 1.165) is 24.0 Å². The number of rotatable bonds is 5. The van der Waals surface area contributed by atoms with Crippen molar-refractivity contribution in [3.05, 3.63) is 23.7 Å². The van der Waals surface area contributed by atoms with Gasteiger partial charge in [-0.1, -0.05) is 26.7 Å². The van der Waals surface area contributed by atoms with Gasteiger partial charge in [-0.25, -0.2) is 0 Å². The van der Waals surface area contributed by atoms with Crippen LogP contribution in [-0.4, -0.2) is 12.1 Å². The van der Waals surface area contributed by atoms with Crippen LogP contribution in [-0.2, 0) is 5.41 Å². The minimum absolute atomic E-state index is 0.110. The van der Waals surface area contributed by atoms with Gasteiger partial charge in [0, 0.05) is 17.5 Å². The van der Waals surface area contributed by atoms with Gasteiger partial charge in [0.1, 0.15) is 11.5 Å². The second-order valence-electron chi connectivity index (χ2n) is 6.55. The molecule has 1 aromatic heterocycles. The third kappa shape index (κ3) is 3.38. The molecular formula is C16H27NO. The van der Waals surface area contributed by atoms with Crippen molar-refractivity contribution < 1.29 is 4.42 Å². The molecule has 1 atom stereocenters. The fourth-order valence-electron chi connectivity index (χ4n) is 3.22. The van der Waals surface area contributed by atoms with E-state index in [1.54, 1.807) is 0 Å². The summed E-state index contributed by atoms with van der Waals surface area (Å²) >= 11 is 0. The fraction of sp³-hybridized carbons (Fsp3) is 0.750. The molecule has 1 saturated carbocycles. The minimum Gasteiger partial charge on any atom is -0.466 e. The third-order valence-electron chi connectivity index (χ3n) is 4.10. The molecule has 2 rings (SSSR count). The van der Waals surface area contributed by atoms with E-state index in [2.05, 4.69) is 38.2 Å². The van der Waals surface area contributed by atoms with Crippen LogP contribution in [0, 0.1) is 6.92 Å². The average Bonchev–Trinajstić information content (AvgIpc) is 2.88. The number of hydrogen-bond acceptors (Lipinski definition) is 2. The summed E-state index contributed by atoms with van der Waals surface area (Å²) in [6.45, 7) is 8.87. The predicted octanol–water partition coefficient (Wildman–Crippen LogP) is 4.18. The standard InChI is InChI=1S/C16H27NO/c1-12(17-14-7-5-6-8-14)11-16(3,4)15-10-9-13(2)18-15/h9-10,12,14,17H,5-8,11H2,1-4H3. The van der Waals surface area contributed by atoms with Gasteiger partial charge in [0.25, 0.3) is 0 Å². The quantitative estimate of drug-likeness (QED) is 0.847. The maximum Gasteiger partial charge on any atom is 0.109 e. The molecule has 102 valence electrons. The van der Waals surface area contributed by atoms with E-state index >= 15 is 0 Å². The van der Waals surface area contributed by atoms with Gasteiger partial charge in [0.05, 0.1) is 0 Å². The molecule has 1 unspecified atom stereocenters. The monoisotopic (exact) mass is 249 g/mol. The van der Waals surface area contributed by atoms with E-state index in [1.165, 1.54) is 25.7 Å². The minimum atomic E-state index is 0.110. The highest BCUT2D eigenvalue weighted by Crippen LogP contribution is 2.30. The lowest BCUT2D eigenvalue weighted by Crippen LogP contribution is -2.38. The van der Waals surface area contributed by atoms with Crippen molar-refractivity contribution in [1.82, 2.24) is 5.32 Å². The summed E-state index contributed by atoms with van der Waals surface area (Å²) in [5.74, 6) is 2.12. The van der Waals surface area contributed by atoms with Gasteiger partial charge in [0.2, 0.25) is 0 Å². The molecule has 2 nitrogen and oxygen atoms in total. The van der Waals surface area contributed by atoms with Crippen molar-refractivity contribution in [3.63, 3.8) is 0 Å². The van der Waals surface area contributed by atoms with Crippen molar-refractivity contribution in [1.29, 1.82) is 0 Å². The molecule has 0 spiro atoms. The average molecular weight is 249 g/mol. The van der Waals surface area contributed by atoms with E-state index in [0.29, 0.717) is 6.04 Å². The Morgan fingerprint density at radius 2 is 2.00 bits per heavy atom. The normalized spacial score (nSPS) is 19.3. The van der Waals surface area contributed by atoms with Crippen molar-refractivity contribution >= 4 is 0 Å². The topological polar surface area (TPSA) is 25.2 Å². The lowest BCUT2D eigenvalue weighted by atomic mass is 9.83. The van der Waals surface area contributed by atoms with Gasteiger partial charge in [-0.15, -0.1) is 0 Å². The molecule has 1 aliphatic rings. The Morgan fingerprint density at radius 3 is 2.56 bits per heavy atom. The Labute approximate surface area is 111 Å². The Balaban J connectivity index is 1.90. The summed E-state index contributed by atoms with van der Waals surface area (Å²) in [5, 5.41) is 3.77. The highest BCUT2D eigenvalue weighted by atomic mass is 16.3. The van der Waals surface area contributed by atoms with Gasteiger partial charge >= 0.3 is 0 Å². The first kappa shape index (κ1) is 13.7. The van der Waals surface area contributed by atoms with E-state index in [-0.39, 0.29) is 5.41 Å². The first-order valence-corrected chi connectivity index (χ1v) is 7.30. The lowest BCUT2D eigenvalue weighted by Gasteiger charge is -2.28. The molecule has 0 aliphatic heterocycles. The second kappa shape index (κ2) is 5.48. The Bertz CT molecular complexity index is 374. The van der Waals surface area contributed by atoms with Gasteiger partial charge in [-0.2, -0.15) is 0 Å². The Morgan fingerprint density at radius 1 is 1.33 bits per heavy atom. The summed E-state index contributed by atoms with van der Waals surface area (Å²) in [6.07, 6.45) is 6.61. The maximum atomic E-state index is 5.79. The largest absolute Gasteiger partial charge is 0.466 e. The number of nitrogens with one attached hydrogen (secondary N) is 1. The van der Waals surface area contributed by atoms with Crippen LogP contribution in [0.1, 0.15) is 64.4 Å². The molecule has 1 fully saturated rings. The fourth-order valence-corrected chi connectivity index (χ4v) is 3.22. The predicted molar refractivity (Wildman–Crippen MR) is 75.9 cm³/mol. The number of hydrogen-bond donors (Lipinski definition) is 1. The summed E-state index contributed by atoms with van der Waals surface area (Å²) < 4.78 is 5.79. The lowest BCUT2D eigenvalue weighted by molar-refractivity contribution is 0.306. The third-order valence-corrected chi connectivity index (χ3v) is 4.10. The molecular weight excluding hydrogens is 222 g/mol. The van der Waals surface area contributed by atoms with E-state index in [9.17, 15) is 0 Å². The summed E-state index contributed by atoms with van der Waals surface area (Å²) in [5.41, 5.74) is 0.110. The van der Waals surface area contributed by atoms with Crippen molar-refractivity contribution in [3.8, 4) is 0 Å². The number of aryl methyl sites for hydroxylation is 1. The van der Waals surface area contributed by atoms with Crippen LogP contribution < -0.4 is 5.32 Å². The number of furan rings is 1. The highest BCUT2D eigenvalue weighted by molar-refractivity contribution is 5.15. The summed E-state index contributed by atoms with van der Waals surface area (Å²) in [7, 11) is 0. The smallest absolute Gasteiger partial charge is 0.109 e. The molecule has 0 aromatic carbocycles. The molecule has 0 amide bonds. The zero-order chi connectivity index (χ0) is 13.2. The van der Waals surface area contributed by atoms with Crippen LogP contribution in [0.4, 0.5) is 0 Å². The van der Waals surface area contributed by atoms with Crippen molar-refractivity contribution in [2.45, 2.75) is 77.3 Å². The molecule has 18 heavy (non-hydrogen) atoms. The van der Waals surface area contributed by atoms with Crippen LogP contribution in [0.3, 0.4) is 0 Å². The van der Waals surface area contributed by atoms with E-state index in [1.807, 2.05) is 6.92 Å². The maximum absolute atomic E-state index is 5.79. The molecule has 1 aliphatic carbocycles. The van der Waals surface area contributed by atoms with Crippen LogP contribution >= 0.6 is 0 Å². The summed E-state index contributed by atoms with van der Waals surface area (Å²) in [4.78, 5) is 0. The van der Waals surface area contributed by atoms with Gasteiger partial charge in [-0.05, 0) is 45.2 Å². The van der Waals surface area contributed by atoms with Gasteiger partial charge < -0.3 is 9.73 Å². The van der Waals surface area contributed by atoms with E-state index < -0.39 is 0 Å². The van der Waals surface area contributed by atoms with Crippen LogP contribution in [0.5, 0.6) is 0 Å². The van der Waals surface area contributed by atoms with Crippen molar-refractivity contribution in [2.75, 3.05) is 0 Å². The van der Waals surface area contributed by atoms with E-state index in [4.69, 9.17) is 4.42 Å². The van der Waals surface area contributed by atoms with Crippen LogP contribution in [0.15, 0.2) is 16.5 Å². The van der Waals surface area contributed by atoms with Gasteiger partial charge in [0.15, 0.2) is 0 Å². The van der Waals surface area contributed by atoms with Gasteiger partial charge in [-0.3, -0.25) is 0 Å². The molecule has 1 aromatic rings. The molecule has 0 saturated heterocycles. The molecule has 0 radical (unpaired) electrons. The first-order chi connectivity index (χ1) is 8.47. The van der Waals surface area contributed by atoms with Crippen LogP contribution in [0.2, 0.25) is 0 Å². The molecule has 1 N–H and O–H groups in total. The highest BCUT2D eigenvalue weighted by Gasteiger charge is 2.28. The Kier molecular flexibility index (Phi) is 4.16. The zero-order valence-corrected chi connectivity index (χ0v) is 12.3. The van der Waals surface area contributed by atoms with Crippen molar-refractivity contribution in [2.24, 2.45) is 0 Å². The zero-order valence-electron chi connectivity index (χ0n) is 12.3. The summed E-state index contributed by atoms with van der Waals surface area (Å²) in [6, 6.07) is 5.48. The first-order valence-electron chi connectivity index (χ1n) is 7.30. The molecule has 0 bridgehead atoms. The molecule has 2 heteroatoms. The SMILES string of the molecule is Cc1ccc(C(C)(C)CC(C)NC2CCCC2)o1.